The quantitative estimate of drug-likeness (QED) is 0.874. The van der Waals surface area contributed by atoms with Gasteiger partial charge >= 0.3 is 0 Å². The van der Waals surface area contributed by atoms with E-state index in [9.17, 15) is 5.11 Å². The molecule has 1 N–H and O–H groups in total. The molecule has 2 nitrogen and oxygen atoms in total. The molecule has 0 fully saturated rings. The molecule has 0 heterocycles. The summed E-state index contributed by atoms with van der Waals surface area (Å²) in [5, 5.41) is 9.43. The summed E-state index contributed by atoms with van der Waals surface area (Å²) in [7, 11) is 0. The van der Waals surface area contributed by atoms with Gasteiger partial charge in [0.05, 0.1) is 6.10 Å². The average molecular weight is 242 g/mol. The van der Waals surface area contributed by atoms with Gasteiger partial charge in [-0.15, -0.1) is 0 Å². The van der Waals surface area contributed by atoms with Crippen molar-refractivity contribution in [2.45, 2.75) is 26.4 Å². The largest absolute Gasteiger partial charge is 0.457 e. The van der Waals surface area contributed by atoms with Crippen LogP contribution < -0.4 is 4.74 Å². The Labute approximate surface area is 108 Å². The second-order valence-electron chi connectivity index (χ2n) is 4.35. The van der Waals surface area contributed by atoms with Crippen molar-refractivity contribution < 1.29 is 9.84 Å². The van der Waals surface area contributed by atoms with Crippen molar-refractivity contribution in [1.82, 2.24) is 0 Å². The van der Waals surface area contributed by atoms with Crippen molar-refractivity contribution in [3.63, 3.8) is 0 Å². The highest BCUT2D eigenvalue weighted by Crippen LogP contribution is 2.24. The molecule has 1 atom stereocenters. The first kappa shape index (κ1) is 12.7. The monoisotopic (exact) mass is 242 g/mol. The smallest absolute Gasteiger partial charge is 0.127 e. The number of aryl methyl sites for hydroxylation is 1. The van der Waals surface area contributed by atoms with E-state index >= 15 is 0 Å². The molecule has 0 aromatic heterocycles. The van der Waals surface area contributed by atoms with E-state index in [-0.39, 0.29) is 0 Å². The summed E-state index contributed by atoms with van der Waals surface area (Å²) in [5.74, 6) is 1.63. The van der Waals surface area contributed by atoms with Crippen molar-refractivity contribution in [1.29, 1.82) is 0 Å². The van der Waals surface area contributed by atoms with E-state index in [4.69, 9.17) is 4.74 Å². The zero-order valence-electron chi connectivity index (χ0n) is 10.8. The highest BCUT2D eigenvalue weighted by atomic mass is 16.5. The number of benzene rings is 2. The van der Waals surface area contributed by atoms with Crippen molar-refractivity contribution >= 4 is 0 Å². The summed E-state index contributed by atoms with van der Waals surface area (Å²) >= 11 is 0. The Morgan fingerprint density at radius 2 is 1.78 bits per heavy atom. The van der Waals surface area contributed by atoms with Crippen molar-refractivity contribution in [3.8, 4) is 11.5 Å². The first-order valence-electron chi connectivity index (χ1n) is 6.24. The van der Waals surface area contributed by atoms with Crippen LogP contribution in [0.4, 0.5) is 0 Å². The van der Waals surface area contributed by atoms with E-state index in [0.29, 0.717) is 0 Å². The van der Waals surface area contributed by atoms with Crippen LogP contribution in [0.15, 0.2) is 48.5 Å². The maximum atomic E-state index is 9.43. The van der Waals surface area contributed by atoms with Gasteiger partial charge in [0.1, 0.15) is 11.5 Å². The summed E-state index contributed by atoms with van der Waals surface area (Å²) in [5.41, 5.74) is 2.15. The predicted octanol–water partition coefficient (Wildman–Crippen LogP) is 4.09. The van der Waals surface area contributed by atoms with Crippen molar-refractivity contribution in [2.24, 2.45) is 0 Å². The lowest BCUT2D eigenvalue weighted by Crippen LogP contribution is -1.91. The SMILES string of the molecule is CCc1cccc(Oc2ccc([C@@H](C)O)cc2)c1. The minimum absolute atomic E-state index is 0.442. The van der Waals surface area contributed by atoms with Gasteiger partial charge in [0, 0.05) is 0 Å². The van der Waals surface area contributed by atoms with Crippen molar-refractivity contribution in [3.05, 3.63) is 59.7 Å². The lowest BCUT2D eigenvalue weighted by atomic mass is 10.1. The Morgan fingerprint density at radius 1 is 1.06 bits per heavy atom. The Hall–Kier alpha value is -1.80. The molecule has 18 heavy (non-hydrogen) atoms. The molecular weight excluding hydrogens is 224 g/mol. The fraction of sp³-hybridized carbons (Fsp3) is 0.250. The van der Waals surface area contributed by atoms with Crippen molar-refractivity contribution in [2.75, 3.05) is 0 Å². The van der Waals surface area contributed by atoms with Crippen LogP contribution >= 0.6 is 0 Å². The Balaban J connectivity index is 2.13. The topological polar surface area (TPSA) is 29.5 Å². The highest BCUT2D eigenvalue weighted by molar-refractivity contribution is 5.35. The van der Waals surface area contributed by atoms with Crippen LogP contribution in [0.5, 0.6) is 11.5 Å². The molecule has 0 aliphatic rings. The van der Waals surface area contributed by atoms with E-state index in [1.807, 2.05) is 42.5 Å². The second kappa shape index (κ2) is 5.69. The fourth-order valence-corrected chi connectivity index (χ4v) is 1.78. The van der Waals surface area contributed by atoms with E-state index in [1.165, 1.54) is 5.56 Å². The third-order valence-corrected chi connectivity index (χ3v) is 2.90. The highest BCUT2D eigenvalue weighted by Gasteiger charge is 2.02. The van der Waals surface area contributed by atoms with Gasteiger partial charge in [-0.2, -0.15) is 0 Å². The van der Waals surface area contributed by atoms with Crippen LogP contribution in [0.3, 0.4) is 0 Å². The predicted molar refractivity (Wildman–Crippen MR) is 73.0 cm³/mol. The molecule has 0 aliphatic carbocycles. The molecule has 94 valence electrons. The number of rotatable bonds is 4. The molecule has 2 rings (SSSR count). The molecule has 0 spiro atoms. The van der Waals surface area contributed by atoms with Gasteiger partial charge in [0.25, 0.3) is 0 Å². The molecule has 0 radical (unpaired) electrons. The van der Waals surface area contributed by atoms with Crippen LogP contribution in [0.25, 0.3) is 0 Å². The van der Waals surface area contributed by atoms with Crippen LogP contribution in [0, 0.1) is 0 Å². The van der Waals surface area contributed by atoms with E-state index in [1.54, 1.807) is 6.92 Å². The molecule has 0 saturated carbocycles. The number of hydrogen-bond donors (Lipinski definition) is 1. The normalized spacial score (nSPS) is 12.2. The number of aliphatic hydroxyl groups excluding tert-OH is 1. The minimum atomic E-state index is -0.442. The van der Waals surface area contributed by atoms with E-state index in [2.05, 4.69) is 13.0 Å². The minimum Gasteiger partial charge on any atom is -0.457 e. The third-order valence-electron chi connectivity index (χ3n) is 2.90. The molecule has 2 aromatic rings. The molecule has 0 amide bonds. The summed E-state index contributed by atoms with van der Waals surface area (Å²) in [6.45, 7) is 3.87. The van der Waals surface area contributed by atoms with Crippen LogP contribution in [-0.4, -0.2) is 5.11 Å². The first-order valence-corrected chi connectivity index (χ1v) is 6.24. The molecule has 0 saturated heterocycles. The van der Waals surface area contributed by atoms with Gasteiger partial charge in [-0.1, -0.05) is 31.2 Å². The van der Waals surface area contributed by atoms with Crippen LogP contribution in [0.2, 0.25) is 0 Å². The summed E-state index contributed by atoms with van der Waals surface area (Å²) in [6.07, 6.45) is 0.556. The third kappa shape index (κ3) is 3.11. The molecule has 0 aliphatic heterocycles. The zero-order valence-corrected chi connectivity index (χ0v) is 10.8. The lowest BCUT2D eigenvalue weighted by Gasteiger charge is -2.09. The molecule has 2 aromatic carbocycles. The number of hydrogen-bond acceptors (Lipinski definition) is 2. The molecule has 2 heteroatoms. The molecule has 0 bridgehead atoms. The van der Waals surface area contributed by atoms with E-state index < -0.39 is 6.10 Å². The van der Waals surface area contributed by atoms with Gasteiger partial charge in [0.2, 0.25) is 0 Å². The maximum Gasteiger partial charge on any atom is 0.127 e. The van der Waals surface area contributed by atoms with Gasteiger partial charge in [-0.25, -0.2) is 0 Å². The summed E-state index contributed by atoms with van der Waals surface area (Å²) in [6, 6.07) is 15.6. The van der Waals surface area contributed by atoms with E-state index in [0.717, 1.165) is 23.5 Å². The van der Waals surface area contributed by atoms with Gasteiger partial charge in [-0.3, -0.25) is 0 Å². The maximum absolute atomic E-state index is 9.43. The Kier molecular flexibility index (Phi) is 4.00. The standard InChI is InChI=1S/C16H18O2/c1-3-13-5-4-6-16(11-13)18-15-9-7-14(8-10-15)12(2)17/h4-12,17H,3H2,1-2H3/t12-/m1/s1. The average Bonchev–Trinajstić information content (AvgIpc) is 2.39. The molecule has 0 unspecified atom stereocenters. The fourth-order valence-electron chi connectivity index (χ4n) is 1.78. The first-order chi connectivity index (χ1) is 8.69. The number of aliphatic hydroxyl groups is 1. The summed E-state index contributed by atoms with van der Waals surface area (Å²) in [4.78, 5) is 0. The Bertz CT molecular complexity index is 501. The van der Waals surface area contributed by atoms with Crippen LogP contribution in [-0.2, 0) is 6.42 Å². The summed E-state index contributed by atoms with van der Waals surface area (Å²) < 4.78 is 5.77. The van der Waals surface area contributed by atoms with Gasteiger partial charge in [-0.05, 0) is 48.7 Å². The second-order valence-corrected chi connectivity index (χ2v) is 4.35. The Morgan fingerprint density at radius 3 is 2.39 bits per heavy atom. The zero-order chi connectivity index (χ0) is 13.0. The lowest BCUT2D eigenvalue weighted by molar-refractivity contribution is 0.199. The van der Waals surface area contributed by atoms with Gasteiger partial charge < -0.3 is 9.84 Å². The number of ether oxygens (including phenoxy) is 1. The van der Waals surface area contributed by atoms with Gasteiger partial charge in [0.15, 0.2) is 0 Å². The van der Waals surface area contributed by atoms with Crippen LogP contribution in [0.1, 0.15) is 31.1 Å². The molecular formula is C16H18O2.